The molecular weight excluding hydrogens is 176 g/mol. The second-order valence-corrected chi connectivity index (χ2v) is 2.35. The highest BCUT2D eigenvalue weighted by Crippen LogP contribution is 1.98. The minimum atomic E-state index is -1.60. The summed E-state index contributed by atoms with van der Waals surface area (Å²) < 4.78 is 4.56. The van der Waals surface area contributed by atoms with Gasteiger partial charge in [0.15, 0.2) is 6.29 Å². The zero-order chi connectivity index (χ0) is 10.3. The van der Waals surface area contributed by atoms with E-state index in [1.54, 1.807) is 6.92 Å². The molecule has 0 fully saturated rings. The monoisotopic (exact) mass is 188 g/mol. The first kappa shape index (κ1) is 11.9. The Morgan fingerprint density at radius 2 is 2.08 bits per heavy atom. The maximum Gasteiger partial charge on any atom is 0.151 e. The van der Waals surface area contributed by atoms with Crippen molar-refractivity contribution in [3.8, 4) is 12.0 Å². The number of ether oxygens (including phenoxy) is 1. The van der Waals surface area contributed by atoms with Gasteiger partial charge in [-0.15, -0.1) is 0 Å². The summed E-state index contributed by atoms with van der Waals surface area (Å²) in [6.07, 6.45) is -2.14. The van der Waals surface area contributed by atoms with E-state index in [1.807, 2.05) is 0 Å². The normalized spacial score (nSPS) is 16.3. The van der Waals surface area contributed by atoms with E-state index in [9.17, 15) is 4.79 Å². The lowest BCUT2D eigenvalue weighted by Gasteiger charge is -2.17. The van der Waals surface area contributed by atoms with Crippen molar-refractivity contribution in [1.29, 1.82) is 0 Å². The van der Waals surface area contributed by atoms with E-state index in [4.69, 9.17) is 15.3 Å². The van der Waals surface area contributed by atoms with Crippen LogP contribution in [-0.2, 0) is 9.53 Å². The summed E-state index contributed by atoms with van der Waals surface area (Å²) in [5, 5.41) is 26.9. The third kappa shape index (κ3) is 4.48. The standard InChI is InChI=1S/C8H12O5/c1-2-3-13-5-7(11)8(12)6(10)4-9/h4,6-8,10-12H,5H2,1H3/t6-,7-,8+/m1/s1. The fraction of sp³-hybridized carbons (Fsp3) is 0.625. The fourth-order valence-corrected chi connectivity index (χ4v) is 0.606. The number of aldehydes is 1. The van der Waals surface area contributed by atoms with E-state index in [0.29, 0.717) is 0 Å². The van der Waals surface area contributed by atoms with Gasteiger partial charge in [0, 0.05) is 6.92 Å². The molecule has 0 aliphatic heterocycles. The van der Waals surface area contributed by atoms with Crippen LogP contribution in [0.5, 0.6) is 0 Å². The van der Waals surface area contributed by atoms with Gasteiger partial charge in [-0.25, -0.2) is 0 Å². The maximum absolute atomic E-state index is 9.99. The van der Waals surface area contributed by atoms with E-state index in [0.717, 1.165) is 0 Å². The molecule has 5 heteroatoms. The van der Waals surface area contributed by atoms with Crippen LogP contribution >= 0.6 is 0 Å². The fourth-order valence-electron chi connectivity index (χ4n) is 0.606. The Kier molecular flexibility index (Phi) is 5.89. The molecule has 3 N–H and O–H groups in total. The van der Waals surface area contributed by atoms with Gasteiger partial charge in [0.25, 0.3) is 0 Å². The van der Waals surface area contributed by atoms with Crippen LogP contribution in [0.25, 0.3) is 0 Å². The van der Waals surface area contributed by atoms with E-state index in [-0.39, 0.29) is 12.9 Å². The average molecular weight is 188 g/mol. The van der Waals surface area contributed by atoms with Crippen LogP contribution < -0.4 is 0 Å². The summed E-state index contributed by atoms with van der Waals surface area (Å²) in [6.45, 7) is 1.29. The Morgan fingerprint density at radius 3 is 2.54 bits per heavy atom. The SMILES string of the molecule is CC#COC[C@@H](O)[C@@H](O)[C@H](O)C=O. The second kappa shape index (κ2) is 6.43. The van der Waals surface area contributed by atoms with Crippen molar-refractivity contribution in [2.45, 2.75) is 25.2 Å². The van der Waals surface area contributed by atoms with Gasteiger partial charge in [-0.1, -0.05) is 5.92 Å². The molecular formula is C8H12O5. The molecule has 0 radical (unpaired) electrons. The molecule has 0 aromatic carbocycles. The van der Waals surface area contributed by atoms with Gasteiger partial charge < -0.3 is 24.9 Å². The van der Waals surface area contributed by atoms with Gasteiger partial charge in [0.05, 0.1) is 0 Å². The number of carbonyl (C=O) groups is 1. The zero-order valence-electron chi connectivity index (χ0n) is 7.17. The molecule has 0 saturated heterocycles. The van der Waals surface area contributed by atoms with Gasteiger partial charge in [0.2, 0.25) is 0 Å². The van der Waals surface area contributed by atoms with Gasteiger partial charge in [-0.2, -0.15) is 0 Å². The van der Waals surface area contributed by atoms with Gasteiger partial charge in [-0.05, 0) is 0 Å². The first-order valence-electron chi connectivity index (χ1n) is 3.66. The summed E-state index contributed by atoms with van der Waals surface area (Å²) >= 11 is 0. The highest BCUT2D eigenvalue weighted by Gasteiger charge is 2.24. The third-order valence-electron chi connectivity index (χ3n) is 1.31. The van der Waals surface area contributed by atoms with E-state index >= 15 is 0 Å². The average Bonchev–Trinajstić information content (AvgIpc) is 2.15. The first-order chi connectivity index (χ1) is 6.13. The number of hydrogen-bond donors (Lipinski definition) is 3. The first-order valence-corrected chi connectivity index (χ1v) is 3.66. The molecule has 0 unspecified atom stereocenters. The minimum Gasteiger partial charge on any atom is -0.444 e. The van der Waals surface area contributed by atoms with Crippen LogP contribution in [0.3, 0.4) is 0 Å². The molecule has 0 rings (SSSR count). The number of carbonyl (C=O) groups excluding carboxylic acids is 1. The lowest BCUT2D eigenvalue weighted by Crippen LogP contribution is -2.40. The molecule has 0 aliphatic carbocycles. The van der Waals surface area contributed by atoms with Gasteiger partial charge in [-0.3, -0.25) is 0 Å². The Morgan fingerprint density at radius 1 is 1.46 bits per heavy atom. The number of rotatable bonds is 5. The predicted molar refractivity (Wildman–Crippen MR) is 43.5 cm³/mol. The summed E-state index contributed by atoms with van der Waals surface area (Å²) in [6, 6.07) is 0. The van der Waals surface area contributed by atoms with Crippen molar-refractivity contribution in [1.82, 2.24) is 0 Å². The quantitative estimate of drug-likeness (QED) is 0.352. The second-order valence-electron chi connectivity index (χ2n) is 2.35. The zero-order valence-corrected chi connectivity index (χ0v) is 7.17. The van der Waals surface area contributed by atoms with Crippen LogP contribution in [0.4, 0.5) is 0 Å². The highest BCUT2D eigenvalue weighted by molar-refractivity contribution is 5.56. The van der Waals surface area contributed by atoms with Crippen molar-refractivity contribution in [2.24, 2.45) is 0 Å². The largest absolute Gasteiger partial charge is 0.444 e. The smallest absolute Gasteiger partial charge is 0.151 e. The van der Waals surface area contributed by atoms with Gasteiger partial charge >= 0.3 is 0 Å². The summed E-state index contributed by atoms with van der Waals surface area (Å²) in [7, 11) is 0. The van der Waals surface area contributed by atoms with Crippen molar-refractivity contribution in [3.63, 3.8) is 0 Å². The van der Waals surface area contributed by atoms with Crippen LogP contribution in [0.15, 0.2) is 0 Å². The topological polar surface area (TPSA) is 87.0 Å². The Hall–Kier alpha value is -1.09. The molecule has 0 amide bonds. The molecule has 0 heterocycles. The van der Waals surface area contributed by atoms with E-state index in [1.165, 1.54) is 0 Å². The van der Waals surface area contributed by atoms with Crippen LogP contribution in [0.1, 0.15) is 6.92 Å². The number of aliphatic hydroxyl groups is 3. The van der Waals surface area contributed by atoms with Crippen molar-refractivity contribution < 1.29 is 24.9 Å². The Labute approximate surface area is 76.0 Å². The molecule has 0 saturated carbocycles. The molecule has 0 aromatic rings. The van der Waals surface area contributed by atoms with Crippen LogP contribution in [0.2, 0.25) is 0 Å². The van der Waals surface area contributed by atoms with Gasteiger partial charge in [0.1, 0.15) is 31.0 Å². The van der Waals surface area contributed by atoms with E-state index in [2.05, 4.69) is 16.8 Å². The molecule has 74 valence electrons. The third-order valence-corrected chi connectivity index (χ3v) is 1.31. The molecule has 0 bridgehead atoms. The number of hydrogen-bond acceptors (Lipinski definition) is 5. The lowest BCUT2D eigenvalue weighted by atomic mass is 10.1. The molecule has 0 aromatic heterocycles. The van der Waals surface area contributed by atoms with Crippen molar-refractivity contribution >= 4 is 6.29 Å². The lowest BCUT2D eigenvalue weighted by molar-refractivity contribution is -0.127. The highest BCUT2D eigenvalue weighted by atomic mass is 16.5. The van der Waals surface area contributed by atoms with Crippen LogP contribution in [-0.4, -0.2) is 46.5 Å². The van der Waals surface area contributed by atoms with Crippen LogP contribution in [0, 0.1) is 12.0 Å². The Balaban J connectivity index is 3.85. The van der Waals surface area contributed by atoms with Crippen molar-refractivity contribution in [3.05, 3.63) is 0 Å². The summed E-state index contributed by atoms with van der Waals surface area (Å²) in [5.74, 6) is 2.41. The molecule has 0 aliphatic rings. The number of aliphatic hydroxyl groups excluding tert-OH is 3. The Bertz CT molecular complexity index is 204. The molecule has 0 spiro atoms. The molecule has 5 nitrogen and oxygen atoms in total. The minimum absolute atomic E-state index is 0.138. The maximum atomic E-state index is 9.99. The summed E-state index contributed by atoms with van der Waals surface area (Å²) in [4.78, 5) is 9.99. The predicted octanol–water partition coefficient (Wildman–Crippen LogP) is -1.73. The molecule has 3 atom stereocenters. The van der Waals surface area contributed by atoms with E-state index < -0.39 is 18.3 Å². The molecule has 13 heavy (non-hydrogen) atoms. The van der Waals surface area contributed by atoms with Crippen molar-refractivity contribution in [2.75, 3.05) is 6.61 Å². The summed E-state index contributed by atoms with van der Waals surface area (Å²) in [5.41, 5.74) is 0.